The Morgan fingerprint density at radius 3 is 1.25 bits per heavy atom. The Hall–Kier alpha value is -0.840. The number of hydrogen-bond donors (Lipinski definition) is 0. The molecule has 12 heteroatoms. The van der Waals surface area contributed by atoms with Crippen molar-refractivity contribution in [2.24, 2.45) is 0 Å². The van der Waals surface area contributed by atoms with Crippen molar-refractivity contribution in [3.63, 3.8) is 0 Å². The van der Waals surface area contributed by atoms with Crippen molar-refractivity contribution >= 4 is 0 Å². The zero-order chi connectivity index (χ0) is 16.8. The molecule has 0 saturated heterocycles. The Kier molecular flexibility index (Phi) is 4.66. The summed E-state index contributed by atoms with van der Waals surface area (Å²) in [7, 11) is 0. The maximum Gasteiger partial charge on any atom is 0.385 e. The summed E-state index contributed by atoms with van der Waals surface area (Å²) in [5.41, 5.74) is 0. The predicted molar refractivity (Wildman–Crippen MR) is 40.5 cm³/mol. The van der Waals surface area contributed by atoms with Crippen LogP contribution < -0.4 is 0 Å². The molecule has 1 radical (unpaired) electrons. The Morgan fingerprint density at radius 2 is 1.00 bits per heavy atom. The summed E-state index contributed by atoms with van der Waals surface area (Å²) in [6, 6.07) is 0. The Bertz CT molecular complexity index is 343. The van der Waals surface area contributed by atoms with E-state index in [9.17, 15) is 52.7 Å². The van der Waals surface area contributed by atoms with Crippen LogP contribution in [0.25, 0.3) is 0 Å². The van der Waals surface area contributed by atoms with Crippen LogP contribution in [0.3, 0.4) is 0 Å². The van der Waals surface area contributed by atoms with E-state index < -0.39 is 42.5 Å². The van der Waals surface area contributed by atoms with Gasteiger partial charge in [-0.2, -0.15) is 52.7 Å². The van der Waals surface area contributed by atoms with Gasteiger partial charge in [0.1, 0.15) is 0 Å². The lowest BCUT2D eigenvalue weighted by Gasteiger charge is -2.38. The van der Waals surface area contributed by atoms with Crippen LogP contribution in [0.4, 0.5) is 52.7 Å². The highest BCUT2D eigenvalue weighted by Gasteiger charge is 2.87. The van der Waals surface area contributed by atoms with E-state index in [1.165, 1.54) is 0 Å². The molecule has 20 heavy (non-hydrogen) atoms. The summed E-state index contributed by atoms with van der Waals surface area (Å²) in [5.74, 6) is -34.7. The molecule has 0 rings (SSSR count). The zero-order valence-corrected chi connectivity index (χ0v) is 9.24. The van der Waals surface area contributed by atoms with Crippen LogP contribution in [0.1, 0.15) is 13.3 Å². The van der Waals surface area contributed by atoms with Gasteiger partial charge in [-0.25, -0.2) is 0 Å². The molecule has 0 bridgehead atoms. The molecule has 0 amide bonds. The summed E-state index contributed by atoms with van der Waals surface area (Å²) in [6.45, 7) is 0.183. The molecule has 0 aromatic carbocycles. The molecule has 0 nitrogen and oxygen atoms in total. The number of alkyl halides is 10. The predicted octanol–water partition coefficient (Wildman–Crippen LogP) is 5.00. The summed E-state index contributed by atoms with van der Waals surface area (Å²) < 4.78 is 149. The van der Waals surface area contributed by atoms with Gasteiger partial charge in [0.05, 0.1) is 0 Å². The van der Waals surface area contributed by atoms with Gasteiger partial charge in [-0.1, -0.05) is 6.92 Å². The first-order chi connectivity index (χ1) is 8.50. The van der Waals surface area contributed by atoms with Crippen molar-refractivity contribution in [3.8, 4) is 0 Å². The summed E-state index contributed by atoms with van der Waals surface area (Å²) in [6.07, 6.45) is -6.73. The molecule has 0 N–H and O–H groups in total. The molecule has 121 valence electrons. The first kappa shape index (κ1) is 19.2. The van der Waals surface area contributed by atoms with E-state index in [0.29, 0.717) is 0 Å². The molecular weight excluding hydrogens is 324 g/mol. The number of halogens is 12. The Balaban J connectivity index is 5.98. The molecular formula is C8H5F12. The topological polar surface area (TPSA) is 0 Å². The van der Waals surface area contributed by atoms with Gasteiger partial charge < -0.3 is 0 Å². The quantitative estimate of drug-likeness (QED) is 0.602. The standard InChI is InChI=1S/C8H5F12/c1-2-4(11,12)6(15,16)8(19,20)7(17,18)5(13,14)3(9)10/h2H2,1H3. The highest BCUT2D eigenvalue weighted by atomic mass is 19.4. The minimum Gasteiger partial charge on any atom is -0.200 e. The maximum absolute atomic E-state index is 12.7. The lowest BCUT2D eigenvalue weighted by Crippen LogP contribution is -2.67. The lowest BCUT2D eigenvalue weighted by atomic mass is 9.93. The van der Waals surface area contributed by atoms with Gasteiger partial charge in [-0.05, 0) is 0 Å². The Morgan fingerprint density at radius 1 is 0.650 bits per heavy atom. The molecule has 0 atom stereocenters. The molecule has 0 aliphatic heterocycles. The molecule has 0 unspecified atom stereocenters. The van der Waals surface area contributed by atoms with E-state index in [2.05, 4.69) is 0 Å². The third-order valence-electron chi connectivity index (χ3n) is 2.32. The second kappa shape index (κ2) is 4.86. The van der Waals surface area contributed by atoms with E-state index in [4.69, 9.17) is 0 Å². The fourth-order valence-electron chi connectivity index (χ4n) is 0.965. The van der Waals surface area contributed by atoms with Gasteiger partial charge in [0.2, 0.25) is 0 Å². The van der Waals surface area contributed by atoms with Crippen molar-refractivity contribution in [2.45, 2.75) is 43.0 Å². The van der Waals surface area contributed by atoms with E-state index >= 15 is 0 Å². The molecule has 0 fully saturated rings. The second-order valence-corrected chi connectivity index (χ2v) is 3.62. The minimum atomic E-state index is -7.43. The van der Waals surface area contributed by atoms with E-state index in [0.717, 1.165) is 0 Å². The molecule has 0 heterocycles. The van der Waals surface area contributed by atoms with Gasteiger partial charge in [0.15, 0.2) is 0 Å². The highest BCUT2D eigenvalue weighted by molar-refractivity contribution is 5.11. The van der Waals surface area contributed by atoms with Crippen LogP contribution in [0, 0.1) is 6.43 Å². The third kappa shape index (κ3) is 2.30. The van der Waals surface area contributed by atoms with Crippen LogP contribution in [0.5, 0.6) is 0 Å². The highest BCUT2D eigenvalue weighted by Crippen LogP contribution is 2.59. The van der Waals surface area contributed by atoms with Crippen LogP contribution in [0.15, 0.2) is 0 Å². The molecule has 0 aromatic rings. The average molecular weight is 329 g/mol. The van der Waals surface area contributed by atoms with Gasteiger partial charge >= 0.3 is 36.0 Å². The zero-order valence-electron chi connectivity index (χ0n) is 9.24. The summed E-state index contributed by atoms with van der Waals surface area (Å²) >= 11 is 0. The van der Waals surface area contributed by atoms with Gasteiger partial charge in [0, 0.05) is 6.42 Å². The van der Waals surface area contributed by atoms with Crippen molar-refractivity contribution in [1.29, 1.82) is 0 Å². The SMILES string of the molecule is CCC(F)(F)C(F)(F)C(F)(F)C(F)(F)C(F)(F)[C](F)F. The largest absolute Gasteiger partial charge is 0.385 e. The van der Waals surface area contributed by atoms with Crippen LogP contribution in [-0.4, -0.2) is 29.6 Å². The van der Waals surface area contributed by atoms with E-state index in [1.807, 2.05) is 0 Å². The van der Waals surface area contributed by atoms with Crippen LogP contribution in [-0.2, 0) is 0 Å². The van der Waals surface area contributed by atoms with E-state index in [1.54, 1.807) is 0 Å². The lowest BCUT2D eigenvalue weighted by molar-refractivity contribution is -0.404. The molecule has 0 aliphatic rings. The third-order valence-corrected chi connectivity index (χ3v) is 2.32. The van der Waals surface area contributed by atoms with Gasteiger partial charge in [-0.3, -0.25) is 0 Å². The monoisotopic (exact) mass is 329 g/mol. The summed E-state index contributed by atoms with van der Waals surface area (Å²) in [5, 5.41) is 0. The minimum absolute atomic E-state index is 0.183. The van der Waals surface area contributed by atoms with Gasteiger partial charge in [-0.15, -0.1) is 0 Å². The van der Waals surface area contributed by atoms with Crippen molar-refractivity contribution in [1.82, 2.24) is 0 Å². The fraction of sp³-hybridized carbons (Fsp3) is 0.875. The Labute approximate surface area is 103 Å². The first-order valence-electron chi connectivity index (χ1n) is 4.58. The normalized spacial score (nSPS) is 15.9. The average Bonchev–Trinajstić information content (AvgIpc) is 2.27. The fourth-order valence-corrected chi connectivity index (χ4v) is 0.965. The molecule has 0 saturated carbocycles. The first-order valence-corrected chi connectivity index (χ1v) is 4.58. The number of rotatable bonds is 6. The second-order valence-electron chi connectivity index (χ2n) is 3.62. The number of hydrogen-bond acceptors (Lipinski definition) is 0. The molecule has 0 aromatic heterocycles. The van der Waals surface area contributed by atoms with E-state index in [-0.39, 0.29) is 6.92 Å². The van der Waals surface area contributed by atoms with Crippen LogP contribution in [0.2, 0.25) is 0 Å². The molecule has 0 aliphatic carbocycles. The maximum atomic E-state index is 12.7. The van der Waals surface area contributed by atoms with Crippen molar-refractivity contribution < 1.29 is 52.7 Å². The van der Waals surface area contributed by atoms with Crippen LogP contribution >= 0.6 is 0 Å². The van der Waals surface area contributed by atoms with Gasteiger partial charge in [0.25, 0.3) is 0 Å². The van der Waals surface area contributed by atoms with Crippen molar-refractivity contribution in [3.05, 3.63) is 6.43 Å². The van der Waals surface area contributed by atoms with Crippen molar-refractivity contribution in [2.75, 3.05) is 0 Å². The summed E-state index contributed by atoms with van der Waals surface area (Å²) in [4.78, 5) is 0. The molecule has 0 spiro atoms. The smallest absolute Gasteiger partial charge is 0.200 e.